The van der Waals surface area contributed by atoms with Gasteiger partial charge in [-0.05, 0) is 30.9 Å². The highest BCUT2D eigenvalue weighted by Crippen LogP contribution is 2.27. The average Bonchev–Trinajstić information content (AvgIpc) is 2.29. The zero-order valence-electron chi connectivity index (χ0n) is 10.3. The average molecular weight is 218 g/mol. The molecule has 2 unspecified atom stereocenters. The molecule has 0 aromatic heterocycles. The van der Waals surface area contributed by atoms with Crippen LogP contribution in [0.1, 0.15) is 26.7 Å². The molecule has 0 spiro atoms. The lowest BCUT2D eigenvalue weighted by atomic mass is 9.88. The maximum absolute atomic E-state index is 6.27. The molecule has 2 heteroatoms. The van der Waals surface area contributed by atoms with Crippen molar-refractivity contribution in [3.8, 4) is 0 Å². The Bertz CT molecular complexity index is 321. The molecule has 2 rings (SSSR count). The van der Waals surface area contributed by atoms with Crippen molar-refractivity contribution in [2.75, 3.05) is 11.4 Å². The second-order valence-electron chi connectivity index (χ2n) is 5.07. The minimum atomic E-state index is 0.314. The Morgan fingerprint density at radius 3 is 2.56 bits per heavy atom. The summed E-state index contributed by atoms with van der Waals surface area (Å²) in [6.45, 7) is 5.68. The number of para-hydroxylation sites is 1. The number of anilines is 1. The second-order valence-corrected chi connectivity index (χ2v) is 5.07. The van der Waals surface area contributed by atoms with Gasteiger partial charge in [0.25, 0.3) is 0 Å². The van der Waals surface area contributed by atoms with Crippen LogP contribution in [0.15, 0.2) is 30.3 Å². The molecule has 2 nitrogen and oxygen atoms in total. The summed E-state index contributed by atoms with van der Waals surface area (Å²) in [6.07, 6.45) is 2.37. The van der Waals surface area contributed by atoms with E-state index in [1.807, 2.05) is 0 Å². The van der Waals surface area contributed by atoms with Crippen LogP contribution in [0.2, 0.25) is 0 Å². The van der Waals surface area contributed by atoms with Gasteiger partial charge in [0.05, 0.1) is 0 Å². The van der Waals surface area contributed by atoms with Crippen molar-refractivity contribution in [2.24, 2.45) is 11.7 Å². The standard InChI is InChI=1S/C14H22N2/c1-11(2)14-13(15)9-6-10-16(14)12-7-4-3-5-8-12/h3-5,7-8,11,13-14H,6,9-10,15H2,1-2H3. The Morgan fingerprint density at radius 2 is 1.94 bits per heavy atom. The second kappa shape index (κ2) is 4.88. The van der Waals surface area contributed by atoms with Crippen LogP contribution in [-0.4, -0.2) is 18.6 Å². The van der Waals surface area contributed by atoms with Crippen molar-refractivity contribution in [1.29, 1.82) is 0 Å². The molecule has 0 bridgehead atoms. The van der Waals surface area contributed by atoms with E-state index in [1.165, 1.54) is 12.1 Å². The first-order valence-corrected chi connectivity index (χ1v) is 6.27. The van der Waals surface area contributed by atoms with Crippen LogP contribution in [0, 0.1) is 5.92 Å². The maximum atomic E-state index is 6.27. The minimum Gasteiger partial charge on any atom is -0.367 e. The SMILES string of the molecule is CC(C)C1C(N)CCCN1c1ccccc1. The van der Waals surface area contributed by atoms with Crippen molar-refractivity contribution in [3.05, 3.63) is 30.3 Å². The Kier molecular flexibility index (Phi) is 3.49. The summed E-state index contributed by atoms with van der Waals surface area (Å²) in [5.74, 6) is 0.607. The van der Waals surface area contributed by atoms with Crippen LogP contribution in [-0.2, 0) is 0 Å². The van der Waals surface area contributed by atoms with E-state index in [0.29, 0.717) is 18.0 Å². The Morgan fingerprint density at radius 1 is 1.25 bits per heavy atom. The van der Waals surface area contributed by atoms with E-state index >= 15 is 0 Å². The van der Waals surface area contributed by atoms with Gasteiger partial charge in [0.2, 0.25) is 0 Å². The van der Waals surface area contributed by atoms with E-state index < -0.39 is 0 Å². The maximum Gasteiger partial charge on any atom is 0.0463 e. The fourth-order valence-corrected chi connectivity index (χ4v) is 2.82. The Hall–Kier alpha value is -1.02. The number of piperidine rings is 1. The first-order chi connectivity index (χ1) is 7.70. The lowest BCUT2D eigenvalue weighted by Crippen LogP contribution is -2.54. The first-order valence-electron chi connectivity index (χ1n) is 6.27. The highest BCUT2D eigenvalue weighted by atomic mass is 15.2. The number of rotatable bonds is 2. The van der Waals surface area contributed by atoms with Crippen molar-refractivity contribution < 1.29 is 0 Å². The molecule has 0 radical (unpaired) electrons. The molecule has 0 aliphatic carbocycles. The number of nitrogens with two attached hydrogens (primary N) is 1. The molecule has 88 valence electrons. The van der Waals surface area contributed by atoms with Crippen LogP contribution >= 0.6 is 0 Å². The fraction of sp³-hybridized carbons (Fsp3) is 0.571. The van der Waals surface area contributed by atoms with Crippen molar-refractivity contribution >= 4 is 5.69 Å². The molecule has 2 N–H and O–H groups in total. The summed E-state index contributed by atoms with van der Waals surface area (Å²) in [7, 11) is 0. The van der Waals surface area contributed by atoms with Gasteiger partial charge in [0, 0.05) is 24.3 Å². The monoisotopic (exact) mass is 218 g/mol. The van der Waals surface area contributed by atoms with Gasteiger partial charge in [-0.15, -0.1) is 0 Å². The van der Waals surface area contributed by atoms with Crippen molar-refractivity contribution in [1.82, 2.24) is 0 Å². The number of nitrogens with zero attached hydrogens (tertiary/aromatic N) is 1. The van der Waals surface area contributed by atoms with Gasteiger partial charge in [-0.25, -0.2) is 0 Å². The predicted octanol–water partition coefficient (Wildman–Crippen LogP) is 2.64. The lowest BCUT2D eigenvalue weighted by molar-refractivity contribution is 0.330. The van der Waals surface area contributed by atoms with E-state index in [2.05, 4.69) is 49.1 Å². The van der Waals surface area contributed by atoms with Crippen LogP contribution in [0.3, 0.4) is 0 Å². The summed E-state index contributed by atoms with van der Waals surface area (Å²) < 4.78 is 0. The van der Waals surface area contributed by atoms with E-state index in [0.717, 1.165) is 13.0 Å². The molecule has 0 saturated carbocycles. The van der Waals surface area contributed by atoms with Gasteiger partial charge in [-0.1, -0.05) is 32.0 Å². The van der Waals surface area contributed by atoms with E-state index in [9.17, 15) is 0 Å². The van der Waals surface area contributed by atoms with E-state index in [4.69, 9.17) is 5.73 Å². The molecule has 1 heterocycles. The number of hydrogen-bond acceptors (Lipinski definition) is 2. The molecule has 1 aromatic carbocycles. The molecule has 1 saturated heterocycles. The molecule has 1 fully saturated rings. The van der Waals surface area contributed by atoms with Crippen LogP contribution in [0.25, 0.3) is 0 Å². The van der Waals surface area contributed by atoms with E-state index in [1.54, 1.807) is 0 Å². The topological polar surface area (TPSA) is 29.3 Å². The summed E-state index contributed by atoms with van der Waals surface area (Å²) in [5.41, 5.74) is 7.58. The highest BCUT2D eigenvalue weighted by Gasteiger charge is 2.31. The van der Waals surface area contributed by atoms with Gasteiger partial charge in [0.1, 0.15) is 0 Å². The normalized spacial score (nSPS) is 26.1. The zero-order valence-corrected chi connectivity index (χ0v) is 10.3. The van der Waals surface area contributed by atoms with Crippen LogP contribution in [0.4, 0.5) is 5.69 Å². The quantitative estimate of drug-likeness (QED) is 0.827. The third-order valence-electron chi connectivity index (χ3n) is 3.51. The van der Waals surface area contributed by atoms with Crippen molar-refractivity contribution in [2.45, 2.75) is 38.8 Å². The molecule has 1 aliphatic rings. The summed E-state index contributed by atoms with van der Waals surface area (Å²) in [4.78, 5) is 2.48. The fourth-order valence-electron chi connectivity index (χ4n) is 2.82. The molecule has 16 heavy (non-hydrogen) atoms. The summed E-state index contributed by atoms with van der Waals surface area (Å²) >= 11 is 0. The van der Waals surface area contributed by atoms with Crippen LogP contribution in [0.5, 0.6) is 0 Å². The van der Waals surface area contributed by atoms with E-state index in [-0.39, 0.29) is 0 Å². The Labute approximate surface area is 98.4 Å². The third kappa shape index (κ3) is 2.22. The van der Waals surface area contributed by atoms with Gasteiger partial charge in [-0.2, -0.15) is 0 Å². The summed E-state index contributed by atoms with van der Waals surface area (Å²) in [6, 6.07) is 11.4. The largest absolute Gasteiger partial charge is 0.367 e. The highest BCUT2D eigenvalue weighted by molar-refractivity contribution is 5.48. The minimum absolute atomic E-state index is 0.314. The van der Waals surface area contributed by atoms with Crippen LogP contribution < -0.4 is 10.6 Å². The number of hydrogen-bond donors (Lipinski definition) is 1. The van der Waals surface area contributed by atoms with Gasteiger partial charge >= 0.3 is 0 Å². The van der Waals surface area contributed by atoms with Gasteiger partial charge in [0.15, 0.2) is 0 Å². The zero-order chi connectivity index (χ0) is 11.5. The molecule has 1 aromatic rings. The lowest BCUT2D eigenvalue weighted by Gasteiger charge is -2.43. The third-order valence-corrected chi connectivity index (χ3v) is 3.51. The molecular weight excluding hydrogens is 196 g/mol. The molecule has 0 amide bonds. The van der Waals surface area contributed by atoms with Gasteiger partial charge in [-0.3, -0.25) is 0 Å². The smallest absolute Gasteiger partial charge is 0.0463 e. The first kappa shape index (κ1) is 11.5. The predicted molar refractivity (Wildman–Crippen MR) is 69.6 cm³/mol. The number of benzene rings is 1. The summed E-state index contributed by atoms with van der Waals surface area (Å²) in [5, 5.41) is 0. The molecule has 2 atom stereocenters. The van der Waals surface area contributed by atoms with Crippen molar-refractivity contribution in [3.63, 3.8) is 0 Å². The Balaban J connectivity index is 2.24. The molecule has 1 aliphatic heterocycles. The molecular formula is C14H22N2. The van der Waals surface area contributed by atoms with Gasteiger partial charge < -0.3 is 10.6 Å².